The van der Waals surface area contributed by atoms with Crippen LogP contribution < -0.4 is 10.5 Å². The molecule has 0 radical (unpaired) electrons. The van der Waals surface area contributed by atoms with Gasteiger partial charge in [-0.1, -0.05) is 31.2 Å². The molecule has 0 bridgehead atoms. The summed E-state index contributed by atoms with van der Waals surface area (Å²) in [7, 11) is 0. The topological polar surface area (TPSA) is 82.9 Å². The lowest BCUT2D eigenvalue weighted by molar-refractivity contribution is -0.137. The number of anilines is 1. The SMILES string of the molecule is CCC(C)(C)n1nnnc1C(c1cc2cccc(C)c2[nH]c1=O)N1CCN(c2cccc(C(F)(F)F)c2)CC1. The van der Waals surface area contributed by atoms with Gasteiger partial charge in [-0.25, -0.2) is 4.68 Å². The van der Waals surface area contributed by atoms with E-state index >= 15 is 0 Å². The zero-order valence-electron chi connectivity index (χ0n) is 22.5. The molecule has 0 amide bonds. The zero-order valence-corrected chi connectivity index (χ0v) is 22.5. The molecule has 39 heavy (non-hydrogen) atoms. The fraction of sp³-hybridized carbons (Fsp3) is 0.429. The van der Waals surface area contributed by atoms with Crippen molar-refractivity contribution in [2.75, 3.05) is 31.1 Å². The van der Waals surface area contributed by atoms with Gasteiger partial charge < -0.3 is 9.88 Å². The number of aromatic nitrogens is 5. The highest BCUT2D eigenvalue weighted by Crippen LogP contribution is 2.34. The van der Waals surface area contributed by atoms with Crippen molar-refractivity contribution in [1.82, 2.24) is 30.1 Å². The average Bonchev–Trinajstić information content (AvgIpc) is 3.40. The van der Waals surface area contributed by atoms with Crippen LogP contribution in [0.2, 0.25) is 0 Å². The molecule has 1 atom stereocenters. The molecule has 2 aromatic carbocycles. The van der Waals surface area contributed by atoms with E-state index in [1.54, 1.807) is 10.7 Å². The lowest BCUT2D eigenvalue weighted by atomic mass is 9.98. The van der Waals surface area contributed by atoms with E-state index in [4.69, 9.17) is 0 Å². The molecule has 4 aromatic rings. The highest BCUT2D eigenvalue weighted by Gasteiger charge is 2.36. The molecule has 1 N–H and O–H groups in total. The molecular weight excluding hydrogens is 507 g/mol. The van der Waals surface area contributed by atoms with E-state index in [0.717, 1.165) is 29.0 Å². The second-order valence-corrected chi connectivity index (χ2v) is 10.7. The van der Waals surface area contributed by atoms with E-state index in [1.807, 2.05) is 49.9 Å². The number of hydrogen-bond donors (Lipinski definition) is 1. The summed E-state index contributed by atoms with van der Waals surface area (Å²) in [4.78, 5) is 20.7. The van der Waals surface area contributed by atoms with Gasteiger partial charge in [0.1, 0.15) is 6.04 Å². The number of rotatable bonds is 6. The van der Waals surface area contributed by atoms with Gasteiger partial charge in [0, 0.05) is 37.4 Å². The van der Waals surface area contributed by atoms with Crippen molar-refractivity contribution in [2.45, 2.75) is 51.9 Å². The van der Waals surface area contributed by atoms with Gasteiger partial charge in [-0.05, 0) is 72.8 Å². The molecule has 0 saturated carbocycles. The van der Waals surface area contributed by atoms with Crippen molar-refractivity contribution in [3.63, 3.8) is 0 Å². The van der Waals surface area contributed by atoms with Gasteiger partial charge in [-0.15, -0.1) is 5.10 Å². The van der Waals surface area contributed by atoms with Crippen molar-refractivity contribution in [1.29, 1.82) is 0 Å². The van der Waals surface area contributed by atoms with Crippen molar-refractivity contribution in [3.05, 3.63) is 81.4 Å². The number of alkyl halides is 3. The minimum atomic E-state index is -4.40. The molecule has 11 heteroatoms. The van der Waals surface area contributed by atoms with Crippen LogP contribution in [0.4, 0.5) is 18.9 Å². The van der Waals surface area contributed by atoms with E-state index in [1.165, 1.54) is 12.1 Å². The van der Waals surface area contributed by atoms with Crippen LogP contribution in [0.5, 0.6) is 0 Å². The minimum absolute atomic E-state index is 0.217. The molecular formula is C28H32F3N7O. The third-order valence-corrected chi connectivity index (χ3v) is 7.81. The maximum atomic E-state index is 13.5. The predicted molar refractivity (Wildman–Crippen MR) is 144 cm³/mol. The first-order chi connectivity index (χ1) is 18.5. The first-order valence-corrected chi connectivity index (χ1v) is 13.1. The highest BCUT2D eigenvalue weighted by atomic mass is 19.4. The zero-order chi connectivity index (χ0) is 27.9. The van der Waals surface area contributed by atoms with E-state index in [-0.39, 0.29) is 5.56 Å². The smallest absolute Gasteiger partial charge is 0.369 e. The fourth-order valence-corrected chi connectivity index (χ4v) is 5.17. The summed E-state index contributed by atoms with van der Waals surface area (Å²) in [6.07, 6.45) is -3.63. The number of para-hydroxylation sites is 1. The maximum Gasteiger partial charge on any atom is 0.416 e. The fourth-order valence-electron chi connectivity index (χ4n) is 5.17. The van der Waals surface area contributed by atoms with Gasteiger partial charge in [0.05, 0.1) is 16.6 Å². The summed E-state index contributed by atoms with van der Waals surface area (Å²) >= 11 is 0. The number of tetrazole rings is 1. The summed E-state index contributed by atoms with van der Waals surface area (Å²) in [6, 6.07) is 12.6. The predicted octanol–water partition coefficient (Wildman–Crippen LogP) is 4.90. The standard InChI is InChI=1S/C28H32F3N7O/c1-5-27(3,4)38-25(33-34-35-38)24(22-16-19-9-6-8-18(2)23(19)32-26(22)39)37-14-12-36(13-15-37)21-11-7-10-20(17-21)28(29,30)31/h6-11,16-17,24H,5,12-15H2,1-4H3,(H,32,39). The number of nitrogens with one attached hydrogen (secondary N) is 1. The lowest BCUT2D eigenvalue weighted by Gasteiger charge is -2.40. The van der Waals surface area contributed by atoms with E-state index in [9.17, 15) is 18.0 Å². The van der Waals surface area contributed by atoms with Crippen LogP contribution in [0.25, 0.3) is 10.9 Å². The quantitative estimate of drug-likeness (QED) is 0.376. The molecule has 1 saturated heterocycles. The summed E-state index contributed by atoms with van der Waals surface area (Å²) in [5, 5.41) is 13.6. The molecule has 1 fully saturated rings. The van der Waals surface area contributed by atoms with Crippen LogP contribution in [-0.2, 0) is 11.7 Å². The number of aryl methyl sites for hydroxylation is 1. The molecule has 3 heterocycles. The Balaban J connectivity index is 1.53. The number of hydrogen-bond acceptors (Lipinski definition) is 6. The van der Waals surface area contributed by atoms with Gasteiger partial charge in [-0.2, -0.15) is 13.2 Å². The number of H-pyrrole nitrogens is 1. The van der Waals surface area contributed by atoms with Crippen molar-refractivity contribution in [2.24, 2.45) is 0 Å². The molecule has 1 unspecified atom stereocenters. The summed E-state index contributed by atoms with van der Waals surface area (Å²) in [5.41, 5.74) is 1.54. The van der Waals surface area contributed by atoms with Crippen LogP contribution in [-0.4, -0.2) is 56.3 Å². The van der Waals surface area contributed by atoms with E-state index in [2.05, 4.69) is 32.3 Å². The maximum absolute atomic E-state index is 13.5. The van der Waals surface area contributed by atoms with Gasteiger partial charge in [0.25, 0.3) is 5.56 Å². The number of benzene rings is 2. The Kier molecular flexibility index (Phi) is 6.96. The Labute approximate surface area is 224 Å². The monoisotopic (exact) mass is 539 g/mol. The second-order valence-electron chi connectivity index (χ2n) is 10.7. The molecule has 2 aromatic heterocycles. The largest absolute Gasteiger partial charge is 0.416 e. The van der Waals surface area contributed by atoms with Crippen LogP contribution in [0.15, 0.2) is 53.3 Å². The van der Waals surface area contributed by atoms with Crippen LogP contribution in [0, 0.1) is 6.92 Å². The van der Waals surface area contributed by atoms with Crippen LogP contribution in [0.3, 0.4) is 0 Å². The van der Waals surface area contributed by atoms with Crippen molar-refractivity contribution >= 4 is 16.6 Å². The Morgan fingerprint density at radius 2 is 1.74 bits per heavy atom. The van der Waals surface area contributed by atoms with Crippen molar-refractivity contribution in [3.8, 4) is 0 Å². The summed E-state index contributed by atoms with van der Waals surface area (Å²) in [6.45, 7) is 10.1. The van der Waals surface area contributed by atoms with Gasteiger partial charge >= 0.3 is 6.18 Å². The van der Waals surface area contributed by atoms with Crippen LogP contribution >= 0.6 is 0 Å². The average molecular weight is 540 g/mol. The number of halogens is 3. The van der Waals surface area contributed by atoms with E-state index < -0.39 is 23.3 Å². The number of nitrogens with zero attached hydrogens (tertiary/aromatic N) is 6. The Morgan fingerprint density at radius 3 is 2.44 bits per heavy atom. The highest BCUT2D eigenvalue weighted by molar-refractivity contribution is 5.82. The molecule has 8 nitrogen and oxygen atoms in total. The van der Waals surface area contributed by atoms with E-state index in [0.29, 0.717) is 43.3 Å². The van der Waals surface area contributed by atoms with Gasteiger partial charge in [0.15, 0.2) is 5.82 Å². The third-order valence-electron chi connectivity index (χ3n) is 7.81. The van der Waals surface area contributed by atoms with Crippen molar-refractivity contribution < 1.29 is 13.2 Å². The second kappa shape index (κ2) is 10.1. The molecule has 1 aliphatic rings. The molecule has 0 spiro atoms. The number of fused-ring (bicyclic) bond motifs is 1. The number of aromatic amines is 1. The molecule has 5 rings (SSSR count). The number of piperazine rings is 1. The van der Waals surface area contributed by atoms with Crippen LogP contribution in [0.1, 0.15) is 55.7 Å². The molecule has 1 aliphatic heterocycles. The molecule has 0 aliphatic carbocycles. The minimum Gasteiger partial charge on any atom is -0.369 e. The first-order valence-electron chi connectivity index (χ1n) is 13.1. The summed E-state index contributed by atoms with van der Waals surface area (Å²) < 4.78 is 41.7. The first kappa shape index (κ1) is 26.9. The lowest BCUT2D eigenvalue weighted by Crippen LogP contribution is -2.49. The molecule has 206 valence electrons. The van der Waals surface area contributed by atoms with Gasteiger partial charge in [0.2, 0.25) is 0 Å². The Bertz CT molecular complexity index is 1530. The third kappa shape index (κ3) is 5.15. The normalized spacial score (nSPS) is 16.1. The Morgan fingerprint density at radius 1 is 1.03 bits per heavy atom. The number of pyridine rings is 1. The summed E-state index contributed by atoms with van der Waals surface area (Å²) in [5.74, 6) is 0.562. The van der Waals surface area contributed by atoms with Gasteiger partial charge in [-0.3, -0.25) is 9.69 Å². The Hall–Kier alpha value is -3.73.